The summed E-state index contributed by atoms with van der Waals surface area (Å²) in [6.45, 7) is 1.78. The van der Waals surface area contributed by atoms with Crippen LogP contribution in [-0.2, 0) is 0 Å². The average molecular weight is 188 g/mol. The molecule has 0 aromatic carbocycles. The Balaban J connectivity index is 3.02. The molecule has 12 heavy (non-hydrogen) atoms. The third kappa shape index (κ3) is 1.58. The normalized spacial score (nSPS) is 10.0. The van der Waals surface area contributed by atoms with Crippen molar-refractivity contribution in [2.45, 2.75) is 6.92 Å². The maximum Gasteiger partial charge on any atom is 0.345 e. The molecule has 1 aromatic heterocycles. The second-order valence-electron chi connectivity index (χ2n) is 2.70. The molecule has 5 heteroatoms. The van der Waals surface area contributed by atoms with Crippen LogP contribution in [0.1, 0.15) is 5.69 Å². The molecule has 1 heterocycles. The van der Waals surface area contributed by atoms with Crippen molar-refractivity contribution in [3.8, 4) is 0 Å². The van der Waals surface area contributed by atoms with Gasteiger partial charge in [-0.3, -0.25) is 0 Å². The van der Waals surface area contributed by atoms with E-state index in [0.29, 0.717) is 5.15 Å². The van der Waals surface area contributed by atoms with E-state index in [1.165, 1.54) is 4.90 Å². The summed E-state index contributed by atoms with van der Waals surface area (Å²) in [6, 6.07) is 1.40. The topological polar surface area (TPSA) is 38.1 Å². The van der Waals surface area contributed by atoms with Crippen LogP contribution in [0.25, 0.3) is 0 Å². The van der Waals surface area contributed by atoms with Crippen molar-refractivity contribution in [2.24, 2.45) is 0 Å². The van der Waals surface area contributed by atoms with Gasteiger partial charge in [0.15, 0.2) is 0 Å². The Bertz CT molecular complexity index is 306. The van der Waals surface area contributed by atoms with E-state index >= 15 is 0 Å². The summed E-state index contributed by atoms with van der Waals surface area (Å²) < 4.78 is 1.16. The third-order valence-corrected chi connectivity index (χ3v) is 1.62. The fourth-order valence-corrected chi connectivity index (χ4v) is 1.06. The molecule has 1 aromatic rings. The minimum atomic E-state index is -0.242. The van der Waals surface area contributed by atoms with Crippen LogP contribution in [-0.4, -0.2) is 34.8 Å². The minimum absolute atomic E-state index is 0.242. The predicted molar refractivity (Wildman–Crippen MR) is 46.5 cm³/mol. The Labute approximate surface area is 75.7 Å². The molecule has 0 N–H and O–H groups in total. The molecule has 0 aliphatic rings. The van der Waals surface area contributed by atoms with Gasteiger partial charge in [-0.1, -0.05) is 11.6 Å². The quantitative estimate of drug-likeness (QED) is 0.616. The maximum atomic E-state index is 11.3. The van der Waals surface area contributed by atoms with E-state index in [1.807, 2.05) is 0 Å². The first kappa shape index (κ1) is 9.06. The summed E-state index contributed by atoms with van der Waals surface area (Å²) >= 11 is 5.74. The van der Waals surface area contributed by atoms with E-state index in [-0.39, 0.29) is 6.03 Å². The monoisotopic (exact) mass is 187 g/mol. The number of hydrogen-bond acceptors (Lipinski definition) is 2. The van der Waals surface area contributed by atoms with Gasteiger partial charge in [-0.15, -0.1) is 0 Å². The SMILES string of the molecule is Cc1cc(Cl)n(C(=O)N(C)C)n1. The van der Waals surface area contributed by atoms with Crippen molar-refractivity contribution in [3.05, 3.63) is 16.9 Å². The molecule has 0 bridgehead atoms. The van der Waals surface area contributed by atoms with Gasteiger partial charge in [0, 0.05) is 14.1 Å². The van der Waals surface area contributed by atoms with E-state index < -0.39 is 0 Å². The molecule has 4 nitrogen and oxygen atoms in total. The summed E-state index contributed by atoms with van der Waals surface area (Å²) in [5, 5.41) is 4.26. The van der Waals surface area contributed by atoms with E-state index in [1.54, 1.807) is 27.1 Å². The molecule has 0 saturated carbocycles. The largest absolute Gasteiger partial charge is 0.345 e. The fourth-order valence-electron chi connectivity index (χ4n) is 0.791. The molecule has 0 aliphatic heterocycles. The second kappa shape index (κ2) is 3.15. The van der Waals surface area contributed by atoms with Crippen molar-refractivity contribution in [1.82, 2.24) is 14.7 Å². The molecule has 66 valence electrons. The Morgan fingerprint density at radius 2 is 2.25 bits per heavy atom. The number of rotatable bonds is 0. The first-order chi connectivity index (χ1) is 5.52. The van der Waals surface area contributed by atoms with Crippen LogP contribution in [0.5, 0.6) is 0 Å². The van der Waals surface area contributed by atoms with Crippen molar-refractivity contribution in [1.29, 1.82) is 0 Å². The van der Waals surface area contributed by atoms with Gasteiger partial charge in [-0.2, -0.15) is 9.78 Å². The number of halogens is 1. The molecule has 0 saturated heterocycles. The van der Waals surface area contributed by atoms with Gasteiger partial charge in [-0.25, -0.2) is 4.79 Å². The molecular weight excluding hydrogens is 178 g/mol. The van der Waals surface area contributed by atoms with Crippen LogP contribution >= 0.6 is 11.6 Å². The smallest absolute Gasteiger partial charge is 0.329 e. The van der Waals surface area contributed by atoms with Crippen LogP contribution in [0.15, 0.2) is 6.07 Å². The Morgan fingerprint density at radius 1 is 1.67 bits per heavy atom. The first-order valence-corrected chi connectivity index (χ1v) is 3.84. The van der Waals surface area contributed by atoms with E-state index in [2.05, 4.69) is 5.10 Å². The van der Waals surface area contributed by atoms with Crippen molar-refractivity contribution in [2.75, 3.05) is 14.1 Å². The van der Waals surface area contributed by atoms with Crippen LogP contribution in [0, 0.1) is 6.92 Å². The zero-order chi connectivity index (χ0) is 9.30. The summed E-state index contributed by atoms with van der Waals surface area (Å²) in [7, 11) is 3.30. The lowest BCUT2D eigenvalue weighted by molar-refractivity contribution is 0.216. The van der Waals surface area contributed by atoms with Gasteiger partial charge >= 0.3 is 6.03 Å². The van der Waals surface area contributed by atoms with Crippen LogP contribution in [0.4, 0.5) is 4.79 Å². The van der Waals surface area contributed by atoms with Crippen molar-refractivity contribution >= 4 is 17.6 Å². The summed E-state index contributed by atoms with van der Waals surface area (Å²) in [5.41, 5.74) is 0.732. The highest BCUT2D eigenvalue weighted by molar-refractivity contribution is 6.30. The number of carbonyl (C=O) groups excluding carboxylic acids is 1. The lowest BCUT2D eigenvalue weighted by atomic mass is 10.5. The summed E-state index contributed by atoms with van der Waals surface area (Å²) in [4.78, 5) is 12.7. The highest BCUT2D eigenvalue weighted by Crippen LogP contribution is 2.10. The molecule has 0 aliphatic carbocycles. The molecule has 1 amide bonds. The highest BCUT2D eigenvalue weighted by Gasteiger charge is 2.12. The number of carbonyl (C=O) groups is 1. The molecule has 0 fully saturated rings. The second-order valence-corrected chi connectivity index (χ2v) is 3.08. The standard InChI is InChI=1S/C7H10ClN3O/c1-5-4-6(8)11(9-5)7(12)10(2)3/h4H,1-3H3. The van der Waals surface area contributed by atoms with Gasteiger partial charge in [0.05, 0.1) is 5.69 Å². The number of aryl methyl sites for hydroxylation is 1. The van der Waals surface area contributed by atoms with Crippen LogP contribution < -0.4 is 0 Å². The van der Waals surface area contributed by atoms with Crippen LogP contribution in [0.3, 0.4) is 0 Å². The van der Waals surface area contributed by atoms with Gasteiger partial charge < -0.3 is 4.90 Å². The van der Waals surface area contributed by atoms with Gasteiger partial charge in [0.2, 0.25) is 0 Å². The molecule has 0 unspecified atom stereocenters. The Morgan fingerprint density at radius 3 is 2.58 bits per heavy atom. The summed E-state index contributed by atoms with van der Waals surface area (Å²) in [5.74, 6) is 0. The van der Waals surface area contributed by atoms with Gasteiger partial charge in [-0.05, 0) is 13.0 Å². The Kier molecular flexibility index (Phi) is 2.38. The number of nitrogens with zero attached hydrogens (tertiary/aromatic N) is 3. The molecule has 1 rings (SSSR count). The third-order valence-electron chi connectivity index (χ3n) is 1.35. The van der Waals surface area contributed by atoms with E-state index in [9.17, 15) is 4.79 Å². The number of hydrogen-bond donors (Lipinski definition) is 0. The maximum absolute atomic E-state index is 11.3. The molecule has 0 spiro atoms. The van der Waals surface area contributed by atoms with Crippen LogP contribution in [0.2, 0.25) is 5.15 Å². The lowest BCUT2D eigenvalue weighted by Crippen LogP contribution is -2.28. The first-order valence-electron chi connectivity index (χ1n) is 3.46. The fraction of sp³-hybridized carbons (Fsp3) is 0.429. The number of amides is 1. The predicted octanol–water partition coefficient (Wildman–Crippen LogP) is 1.37. The Hall–Kier alpha value is -1.03. The molecular formula is C7H10ClN3O. The lowest BCUT2D eigenvalue weighted by Gasteiger charge is -2.09. The zero-order valence-electron chi connectivity index (χ0n) is 7.21. The van der Waals surface area contributed by atoms with E-state index in [0.717, 1.165) is 10.4 Å². The van der Waals surface area contributed by atoms with Gasteiger partial charge in [0.25, 0.3) is 0 Å². The average Bonchev–Trinajstić information content (AvgIpc) is 2.28. The van der Waals surface area contributed by atoms with Crippen molar-refractivity contribution < 1.29 is 4.79 Å². The van der Waals surface area contributed by atoms with E-state index in [4.69, 9.17) is 11.6 Å². The molecule has 0 atom stereocenters. The number of aromatic nitrogens is 2. The highest BCUT2D eigenvalue weighted by atomic mass is 35.5. The summed E-state index contributed by atoms with van der Waals surface area (Å²) in [6.07, 6.45) is 0. The van der Waals surface area contributed by atoms with Crippen molar-refractivity contribution in [3.63, 3.8) is 0 Å². The zero-order valence-corrected chi connectivity index (χ0v) is 7.96. The van der Waals surface area contributed by atoms with Gasteiger partial charge in [0.1, 0.15) is 5.15 Å². The minimum Gasteiger partial charge on any atom is -0.329 e. The molecule has 0 radical (unpaired) electrons.